The minimum Gasteiger partial charge on any atom is -0.493 e. The minimum atomic E-state index is -0.341. The summed E-state index contributed by atoms with van der Waals surface area (Å²) in [4.78, 5) is 11.6. The fraction of sp³-hybridized carbons (Fsp3) is 0.462. The van der Waals surface area contributed by atoms with Gasteiger partial charge >= 0.3 is 5.97 Å². The Morgan fingerprint density at radius 2 is 1.68 bits per heavy atom. The molecule has 0 spiro atoms. The number of carbonyl (C=O) groups excluding carboxylic acids is 1. The predicted molar refractivity (Wildman–Crippen MR) is 128 cm³/mol. The Morgan fingerprint density at radius 1 is 0.971 bits per heavy atom. The smallest absolute Gasteiger partial charge is 0.309 e. The summed E-state index contributed by atoms with van der Waals surface area (Å²) in [6, 6.07) is 7.51. The number of nitrogens with zero attached hydrogens (tertiary/aromatic N) is 1. The first kappa shape index (κ1) is 25.2. The number of aryl methyl sites for hydroxylation is 2. The Bertz CT molecular complexity index is 1080. The Morgan fingerprint density at radius 3 is 2.29 bits per heavy atom. The van der Waals surface area contributed by atoms with Gasteiger partial charge in [-0.3, -0.25) is 4.79 Å². The molecular formula is C26H33NO7. The van der Waals surface area contributed by atoms with E-state index in [1.54, 1.807) is 26.4 Å². The molecule has 8 heteroatoms. The summed E-state index contributed by atoms with van der Waals surface area (Å²) in [6.45, 7) is 5.07. The Kier molecular flexibility index (Phi) is 9.01. The average Bonchev–Trinajstić information content (AvgIpc) is 3.28. The van der Waals surface area contributed by atoms with Crippen LogP contribution in [0.2, 0.25) is 0 Å². The molecule has 34 heavy (non-hydrogen) atoms. The molecule has 8 nitrogen and oxygen atoms in total. The molecule has 0 saturated heterocycles. The van der Waals surface area contributed by atoms with Gasteiger partial charge in [-0.1, -0.05) is 25.4 Å². The van der Waals surface area contributed by atoms with Gasteiger partial charge in [-0.15, -0.1) is 0 Å². The molecule has 0 bridgehead atoms. The summed E-state index contributed by atoms with van der Waals surface area (Å²) in [5, 5.41) is 5.25. The summed E-state index contributed by atoms with van der Waals surface area (Å²) >= 11 is 0. The summed E-state index contributed by atoms with van der Waals surface area (Å²) < 4.78 is 33.3. The first-order valence-corrected chi connectivity index (χ1v) is 11.5. The molecule has 0 amide bonds. The number of hydrogen-bond acceptors (Lipinski definition) is 8. The van der Waals surface area contributed by atoms with Crippen LogP contribution in [-0.2, 0) is 28.8 Å². The predicted octanol–water partition coefficient (Wildman–Crippen LogP) is 4.92. The van der Waals surface area contributed by atoms with E-state index in [0.29, 0.717) is 42.4 Å². The second-order valence-electron chi connectivity index (χ2n) is 7.78. The second kappa shape index (κ2) is 12.2. The number of esters is 1. The maximum absolute atomic E-state index is 11.6. The van der Waals surface area contributed by atoms with Crippen LogP contribution in [0.15, 0.2) is 28.8 Å². The molecule has 0 aliphatic carbocycles. The van der Waals surface area contributed by atoms with E-state index in [-0.39, 0.29) is 12.4 Å². The zero-order chi connectivity index (χ0) is 24.5. The SMILES string of the molecule is CCCc1c(OCCCOc2c(OC)cc(CC(=O)OC)cc2OC)ccc2c(CC)noc12. The highest BCUT2D eigenvalue weighted by Crippen LogP contribution is 2.39. The molecule has 1 aromatic heterocycles. The van der Waals surface area contributed by atoms with Gasteiger partial charge in [0.1, 0.15) is 5.75 Å². The topological polar surface area (TPSA) is 89.3 Å². The van der Waals surface area contributed by atoms with Gasteiger partial charge in [0.15, 0.2) is 17.1 Å². The van der Waals surface area contributed by atoms with Crippen LogP contribution in [0, 0.1) is 0 Å². The molecule has 0 aliphatic heterocycles. The van der Waals surface area contributed by atoms with Crippen LogP contribution in [0.4, 0.5) is 0 Å². The van der Waals surface area contributed by atoms with Crippen molar-refractivity contribution in [1.29, 1.82) is 0 Å². The molecule has 0 aliphatic rings. The van der Waals surface area contributed by atoms with Gasteiger partial charge in [0, 0.05) is 17.4 Å². The molecule has 0 atom stereocenters. The summed E-state index contributed by atoms with van der Waals surface area (Å²) in [6.07, 6.45) is 3.43. The quantitative estimate of drug-likeness (QED) is 0.256. The van der Waals surface area contributed by atoms with Crippen molar-refractivity contribution >= 4 is 16.9 Å². The van der Waals surface area contributed by atoms with E-state index in [0.717, 1.165) is 47.2 Å². The van der Waals surface area contributed by atoms with Crippen LogP contribution in [0.25, 0.3) is 11.0 Å². The number of hydrogen-bond donors (Lipinski definition) is 0. The van der Waals surface area contributed by atoms with Crippen molar-refractivity contribution in [3.8, 4) is 23.0 Å². The van der Waals surface area contributed by atoms with Crippen LogP contribution in [0.1, 0.15) is 43.5 Å². The van der Waals surface area contributed by atoms with Crippen molar-refractivity contribution in [2.24, 2.45) is 0 Å². The first-order valence-electron chi connectivity index (χ1n) is 11.5. The number of rotatable bonds is 13. The lowest BCUT2D eigenvalue weighted by atomic mass is 10.0. The maximum atomic E-state index is 11.6. The van der Waals surface area contributed by atoms with Crippen LogP contribution < -0.4 is 18.9 Å². The van der Waals surface area contributed by atoms with E-state index < -0.39 is 0 Å². The molecule has 2 aromatic carbocycles. The number of ether oxygens (including phenoxy) is 5. The molecule has 3 rings (SSSR count). The van der Waals surface area contributed by atoms with Gasteiger partial charge in [0.25, 0.3) is 0 Å². The first-order chi connectivity index (χ1) is 16.6. The van der Waals surface area contributed by atoms with Crippen molar-refractivity contribution in [3.05, 3.63) is 41.1 Å². The van der Waals surface area contributed by atoms with E-state index in [1.807, 2.05) is 12.1 Å². The molecule has 3 aromatic rings. The number of carbonyl (C=O) groups is 1. The number of aromatic nitrogens is 1. The molecule has 184 valence electrons. The van der Waals surface area contributed by atoms with Crippen molar-refractivity contribution < 1.29 is 33.0 Å². The summed E-state index contributed by atoms with van der Waals surface area (Å²) in [5.74, 6) is 1.95. The molecule has 1 heterocycles. The largest absolute Gasteiger partial charge is 0.493 e. The molecule has 0 fully saturated rings. The fourth-order valence-corrected chi connectivity index (χ4v) is 3.80. The zero-order valence-electron chi connectivity index (χ0n) is 20.6. The van der Waals surface area contributed by atoms with Crippen LogP contribution in [-0.4, -0.2) is 45.7 Å². The molecular weight excluding hydrogens is 438 g/mol. The van der Waals surface area contributed by atoms with E-state index in [9.17, 15) is 4.79 Å². The highest BCUT2D eigenvalue weighted by molar-refractivity contribution is 5.84. The third-order valence-electron chi connectivity index (χ3n) is 5.50. The van der Waals surface area contributed by atoms with E-state index >= 15 is 0 Å². The Labute approximate surface area is 200 Å². The lowest BCUT2D eigenvalue weighted by molar-refractivity contribution is -0.139. The normalized spacial score (nSPS) is 10.9. The minimum absolute atomic E-state index is 0.118. The Balaban J connectivity index is 1.64. The number of methoxy groups -OCH3 is 3. The van der Waals surface area contributed by atoms with Gasteiger partial charge in [0.05, 0.1) is 46.7 Å². The zero-order valence-corrected chi connectivity index (χ0v) is 20.6. The van der Waals surface area contributed by atoms with Crippen molar-refractivity contribution in [3.63, 3.8) is 0 Å². The third-order valence-corrected chi connectivity index (χ3v) is 5.50. The third kappa shape index (κ3) is 5.73. The lowest BCUT2D eigenvalue weighted by Gasteiger charge is -2.16. The van der Waals surface area contributed by atoms with Crippen molar-refractivity contribution in [2.75, 3.05) is 34.5 Å². The molecule has 0 saturated carbocycles. The second-order valence-corrected chi connectivity index (χ2v) is 7.78. The molecule has 0 radical (unpaired) electrons. The van der Waals surface area contributed by atoms with Crippen molar-refractivity contribution in [2.45, 2.75) is 46.0 Å². The van der Waals surface area contributed by atoms with Gasteiger partial charge in [-0.05, 0) is 42.7 Å². The molecule has 0 unspecified atom stereocenters. The highest BCUT2D eigenvalue weighted by Gasteiger charge is 2.17. The maximum Gasteiger partial charge on any atom is 0.309 e. The average molecular weight is 472 g/mol. The van der Waals surface area contributed by atoms with E-state index in [1.165, 1.54) is 7.11 Å². The van der Waals surface area contributed by atoms with E-state index in [4.69, 9.17) is 28.2 Å². The number of benzene rings is 2. The number of fused-ring (bicyclic) bond motifs is 1. The van der Waals surface area contributed by atoms with Crippen LogP contribution >= 0.6 is 0 Å². The van der Waals surface area contributed by atoms with Gasteiger partial charge in [-0.25, -0.2) is 0 Å². The van der Waals surface area contributed by atoms with E-state index in [2.05, 4.69) is 19.0 Å². The lowest BCUT2D eigenvalue weighted by Crippen LogP contribution is -2.09. The highest BCUT2D eigenvalue weighted by atomic mass is 16.5. The van der Waals surface area contributed by atoms with Crippen LogP contribution in [0.5, 0.6) is 23.0 Å². The summed E-state index contributed by atoms with van der Waals surface area (Å²) in [5.41, 5.74) is 3.55. The van der Waals surface area contributed by atoms with Crippen molar-refractivity contribution in [1.82, 2.24) is 5.16 Å². The van der Waals surface area contributed by atoms with Gasteiger partial charge in [-0.2, -0.15) is 0 Å². The standard InChI is InChI=1S/C26H33NO7/c1-6-9-19-21(11-10-18-20(7-2)27-34-25(18)19)32-12-8-13-33-26-22(29-3)14-17(15-23(26)30-4)16-24(28)31-5/h10-11,14-15H,6-9,12-13,16H2,1-5H3. The summed E-state index contributed by atoms with van der Waals surface area (Å²) in [7, 11) is 4.45. The van der Waals surface area contributed by atoms with Gasteiger partial charge < -0.3 is 28.2 Å². The monoisotopic (exact) mass is 471 g/mol. The molecule has 0 N–H and O–H groups in total. The Hall–Kier alpha value is -3.42. The van der Waals surface area contributed by atoms with Gasteiger partial charge in [0.2, 0.25) is 5.75 Å². The van der Waals surface area contributed by atoms with Crippen LogP contribution in [0.3, 0.4) is 0 Å². The fourth-order valence-electron chi connectivity index (χ4n) is 3.80.